The number of fused-ring (bicyclic) bond motifs is 2. The van der Waals surface area contributed by atoms with Crippen LogP contribution in [0.4, 0.5) is 5.82 Å². The molecular weight excluding hydrogens is 264 g/mol. The van der Waals surface area contributed by atoms with Gasteiger partial charge in [0.15, 0.2) is 0 Å². The third-order valence-corrected chi connectivity index (χ3v) is 4.76. The van der Waals surface area contributed by atoms with Crippen molar-refractivity contribution < 1.29 is 0 Å². The first-order valence-electron chi connectivity index (χ1n) is 8.32. The quantitative estimate of drug-likeness (QED) is 0.868. The van der Waals surface area contributed by atoms with E-state index in [-0.39, 0.29) is 5.56 Å². The van der Waals surface area contributed by atoms with E-state index in [0.29, 0.717) is 18.1 Å². The van der Waals surface area contributed by atoms with E-state index in [9.17, 15) is 4.79 Å². The number of piperidine rings is 1. The molecule has 2 aliphatic heterocycles. The molecule has 21 heavy (non-hydrogen) atoms. The van der Waals surface area contributed by atoms with Crippen LogP contribution < -0.4 is 15.8 Å². The summed E-state index contributed by atoms with van der Waals surface area (Å²) in [5, 5.41) is 3.69. The third kappa shape index (κ3) is 3.12. The number of aromatic nitrogens is 2. The standard InChI is InChI=1S/C16H26N4O/c1-3-7-20(13-8-11-5-6-12(9-13)17-11)15-10-16(21)19-14(4-2)18-15/h10-13,17H,3-9H2,1-2H3,(H,18,19,21). The maximum absolute atomic E-state index is 11.9. The van der Waals surface area contributed by atoms with Gasteiger partial charge < -0.3 is 15.2 Å². The highest BCUT2D eigenvalue weighted by atomic mass is 16.1. The molecule has 2 atom stereocenters. The lowest BCUT2D eigenvalue weighted by atomic mass is 9.98. The normalized spacial score (nSPS) is 27.8. The number of anilines is 1. The van der Waals surface area contributed by atoms with Gasteiger partial charge in [0.1, 0.15) is 11.6 Å². The van der Waals surface area contributed by atoms with E-state index in [4.69, 9.17) is 0 Å². The van der Waals surface area contributed by atoms with Crippen molar-refractivity contribution in [2.24, 2.45) is 0 Å². The number of hydrogen-bond donors (Lipinski definition) is 2. The molecule has 3 rings (SSSR count). The molecule has 0 aliphatic carbocycles. The molecule has 0 amide bonds. The van der Waals surface area contributed by atoms with E-state index in [1.807, 2.05) is 6.92 Å². The minimum Gasteiger partial charge on any atom is -0.353 e. The Hall–Kier alpha value is -1.36. The minimum atomic E-state index is -0.0325. The molecule has 3 heterocycles. The maximum atomic E-state index is 11.9. The number of aromatic amines is 1. The number of nitrogens with one attached hydrogen (secondary N) is 2. The molecule has 2 unspecified atom stereocenters. The van der Waals surface area contributed by atoms with Crippen molar-refractivity contribution in [2.45, 2.75) is 70.5 Å². The van der Waals surface area contributed by atoms with Gasteiger partial charge >= 0.3 is 0 Å². The molecule has 0 spiro atoms. The molecule has 116 valence electrons. The zero-order valence-corrected chi connectivity index (χ0v) is 13.1. The van der Waals surface area contributed by atoms with Crippen LogP contribution in [0.15, 0.2) is 10.9 Å². The van der Waals surface area contributed by atoms with Crippen LogP contribution in [0, 0.1) is 0 Å². The van der Waals surface area contributed by atoms with Gasteiger partial charge in [0, 0.05) is 37.2 Å². The maximum Gasteiger partial charge on any atom is 0.252 e. The third-order valence-electron chi connectivity index (χ3n) is 4.76. The minimum absolute atomic E-state index is 0.0325. The van der Waals surface area contributed by atoms with Crippen molar-refractivity contribution in [1.29, 1.82) is 0 Å². The van der Waals surface area contributed by atoms with E-state index < -0.39 is 0 Å². The second-order valence-electron chi connectivity index (χ2n) is 6.36. The van der Waals surface area contributed by atoms with Gasteiger partial charge in [-0.25, -0.2) is 4.98 Å². The second-order valence-corrected chi connectivity index (χ2v) is 6.36. The zero-order chi connectivity index (χ0) is 14.8. The highest BCUT2D eigenvalue weighted by Gasteiger charge is 2.36. The van der Waals surface area contributed by atoms with E-state index in [1.54, 1.807) is 6.07 Å². The zero-order valence-electron chi connectivity index (χ0n) is 13.1. The summed E-state index contributed by atoms with van der Waals surface area (Å²) in [7, 11) is 0. The number of H-pyrrole nitrogens is 1. The molecule has 5 nitrogen and oxygen atoms in total. The molecular formula is C16H26N4O. The molecule has 1 aromatic rings. The van der Waals surface area contributed by atoms with Crippen molar-refractivity contribution in [3.8, 4) is 0 Å². The Balaban J connectivity index is 1.87. The summed E-state index contributed by atoms with van der Waals surface area (Å²) in [4.78, 5) is 21.7. The average molecular weight is 290 g/mol. The first-order valence-corrected chi connectivity index (χ1v) is 8.32. The van der Waals surface area contributed by atoms with Crippen molar-refractivity contribution in [2.75, 3.05) is 11.4 Å². The van der Waals surface area contributed by atoms with Gasteiger partial charge in [-0.1, -0.05) is 13.8 Å². The first-order chi connectivity index (χ1) is 10.2. The lowest BCUT2D eigenvalue weighted by Crippen LogP contribution is -2.49. The van der Waals surface area contributed by atoms with Crippen LogP contribution in [0.2, 0.25) is 0 Å². The number of nitrogens with zero attached hydrogens (tertiary/aromatic N) is 2. The topological polar surface area (TPSA) is 61.0 Å². The summed E-state index contributed by atoms with van der Waals surface area (Å²) < 4.78 is 0. The Kier molecular flexibility index (Phi) is 4.29. The van der Waals surface area contributed by atoms with Crippen molar-refractivity contribution >= 4 is 5.82 Å². The molecule has 0 saturated carbocycles. The van der Waals surface area contributed by atoms with Gasteiger partial charge in [-0.3, -0.25) is 4.79 Å². The Morgan fingerprint density at radius 2 is 2.00 bits per heavy atom. The van der Waals surface area contributed by atoms with Gasteiger partial charge in [0.25, 0.3) is 5.56 Å². The van der Waals surface area contributed by atoms with Gasteiger partial charge in [0.2, 0.25) is 0 Å². The molecule has 2 aliphatic rings. The predicted molar refractivity (Wildman–Crippen MR) is 84.8 cm³/mol. The van der Waals surface area contributed by atoms with Crippen LogP contribution in [0.1, 0.15) is 51.8 Å². The van der Waals surface area contributed by atoms with Crippen molar-refractivity contribution in [3.05, 3.63) is 22.2 Å². The molecule has 5 heteroatoms. The predicted octanol–water partition coefficient (Wildman–Crippen LogP) is 1.83. The van der Waals surface area contributed by atoms with E-state index in [2.05, 4.69) is 27.1 Å². The van der Waals surface area contributed by atoms with Crippen LogP contribution in [0.25, 0.3) is 0 Å². The van der Waals surface area contributed by atoms with E-state index in [1.165, 1.54) is 25.7 Å². The SMILES string of the molecule is CCCN(c1cc(=O)[nH]c(CC)n1)C1CC2CCC(C1)N2. The summed E-state index contributed by atoms with van der Waals surface area (Å²) >= 11 is 0. The van der Waals surface area contributed by atoms with E-state index in [0.717, 1.165) is 31.0 Å². The molecule has 2 bridgehead atoms. The van der Waals surface area contributed by atoms with Crippen LogP contribution in [-0.2, 0) is 6.42 Å². The largest absolute Gasteiger partial charge is 0.353 e. The van der Waals surface area contributed by atoms with Gasteiger partial charge in [-0.15, -0.1) is 0 Å². The van der Waals surface area contributed by atoms with Crippen LogP contribution in [0.3, 0.4) is 0 Å². The van der Waals surface area contributed by atoms with E-state index >= 15 is 0 Å². The molecule has 0 radical (unpaired) electrons. The van der Waals surface area contributed by atoms with Crippen molar-refractivity contribution in [1.82, 2.24) is 15.3 Å². The Labute approximate surface area is 126 Å². The number of rotatable bonds is 5. The molecule has 1 aromatic heterocycles. The fourth-order valence-corrected chi connectivity index (χ4v) is 3.82. The van der Waals surface area contributed by atoms with Crippen LogP contribution in [-0.4, -0.2) is 34.6 Å². The second kappa shape index (κ2) is 6.18. The number of aryl methyl sites for hydroxylation is 1. The molecule has 2 N–H and O–H groups in total. The smallest absolute Gasteiger partial charge is 0.252 e. The summed E-state index contributed by atoms with van der Waals surface area (Å²) in [5.41, 5.74) is -0.0325. The Bertz CT molecular complexity index is 529. The molecule has 2 fully saturated rings. The Morgan fingerprint density at radius 3 is 2.62 bits per heavy atom. The van der Waals surface area contributed by atoms with Gasteiger partial charge in [0.05, 0.1) is 0 Å². The van der Waals surface area contributed by atoms with Crippen molar-refractivity contribution in [3.63, 3.8) is 0 Å². The average Bonchev–Trinajstić information content (AvgIpc) is 2.82. The van der Waals surface area contributed by atoms with Gasteiger partial charge in [-0.05, 0) is 32.1 Å². The van der Waals surface area contributed by atoms with Crippen LogP contribution >= 0.6 is 0 Å². The summed E-state index contributed by atoms with van der Waals surface area (Å²) in [6.45, 7) is 5.19. The molecule has 2 saturated heterocycles. The highest BCUT2D eigenvalue weighted by molar-refractivity contribution is 5.39. The lowest BCUT2D eigenvalue weighted by molar-refractivity contribution is 0.345. The summed E-state index contributed by atoms with van der Waals surface area (Å²) in [6, 6.07) is 3.49. The fraction of sp³-hybridized carbons (Fsp3) is 0.750. The van der Waals surface area contributed by atoms with Crippen LogP contribution in [0.5, 0.6) is 0 Å². The summed E-state index contributed by atoms with van der Waals surface area (Å²) in [6.07, 6.45) is 6.78. The first kappa shape index (κ1) is 14.6. The Morgan fingerprint density at radius 1 is 1.29 bits per heavy atom. The summed E-state index contributed by atoms with van der Waals surface area (Å²) in [5.74, 6) is 1.65. The fourth-order valence-electron chi connectivity index (χ4n) is 3.82. The number of hydrogen-bond acceptors (Lipinski definition) is 4. The lowest BCUT2D eigenvalue weighted by Gasteiger charge is -2.38. The monoisotopic (exact) mass is 290 g/mol. The van der Waals surface area contributed by atoms with Gasteiger partial charge in [-0.2, -0.15) is 0 Å². The highest BCUT2D eigenvalue weighted by Crippen LogP contribution is 2.31. The molecule has 0 aromatic carbocycles.